The van der Waals surface area contributed by atoms with Gasteiger partial charge in [-0.25, -0.2) is 4.98 Å². The average molecular weight is 444 g/mol. The maximum Gasteiger partial charge on any atom is 0.255 e. The number of amides is 1. The van der Waals surface area contributed by atoms with Crippen LogP contribution in [0.15, 0.2) is 23.6 Å². The molecular formula is C24H33N3O3S. The van der Waals surface area contributed by atoms with E-state index in [1.54, 1.807) is 24.5 Å². The van der Waals surface area contributed by atoms with Gasteiger partial charge in [0.2, 0.25) is 0 Å². The minimum atomic E-state index is -0.169. The molecule has 1 atom stereocenters. The molecule has 2 heterocycles. The van der Waals surface area contributed by atoms with E-state index in [1.165, 1.54) is 25.7 Å². The van der Waals surface area contributed by atoms with Crippen LogP contribution in [0.3, 0.4) is 0 Å². The predicted octanol–water partition coefficient (Wildman–Crippen LogP) is 4.74. The zero-order chi connectivity index (χ0) is 21.8. The summed E-state index contributed by atoms with van der Waals surface area (Å²) >= 11 is 1.56. The zero-order valence-electron chi connectivity index (χ0n) is 18.7. The smallest absolute Gasteiger partial charge is 0.255 e. The fraction of sp³-hybridized carbons (Fsp3) is 0.583. The Hall–Kier alpha value is -2.12. The molecule has 6 nitrogen and oxygen atoms in total. The van der Waals surface area contributed by atoms with Crippen molar-refractivity contribution in [2.24, 2.45) is 0 Å². The minimum Gasteiger partial charge on any atom is -0.497 e. The molecule has 168 valence electrons. The van der Waals surface area contributed by atoms with Gasteiger partial charge in [0.15, 0.2) is 0 Å². The molecule has 0 radical (unpaired) electrons. The van der Waals surface area contributed by atoms with Crippen molar-refractivity contribution in [2.45, 2.75) is 70.6 Å². The van der Waals surface area contributed by atoms with Crippen LogP contribution < -0.4 is 14.8 Å². The number of likely N-dealkylation sites (tertiary alicyclic amines) is 1. The van der Waals surface area contributed by atoms with Gasteiger partial charge in [-0.2, -0.15) is 0 Å². The van der Waals surface area contributed by atoms with Gasteiger partial charge >= 0.3 is 0 Å². The summed E-state index contributed by atoms with van der Waals surface area (Å²) in [6.07, 6.45) is 7.54. The van der Waals surface area contributed by atoms with Crippen molar-refractivity contribution in [2.75, 3.05) is 20.2 Å². The highest BCUT2D eigenvalue weighted by molar-refractivity contribution is 7.09. The first-order valence-electron chi connectivity index (χ1n) is 11.3. The number of benzene rings is 1. The van der Waals surface area contributed by atoms with Crippen molar-refractivity contribution in [3.05, 3.63) is 39.8 Å². The number of nitrogens with zero attached hydrogens (tertiary/aromatic N) is 2. The summed E-state index contributed by atoms with van der Waals surface area (Å²) in [5.41, 5.74) is 1.48. The second kappa shape index (κ2) is 10.0. The molecule has 1 aliphatic carbocycles. The first kappa shape index (κ1) is 22.1. The lowest BCUT2D eigenvalue weighted by Gasteiger charge is -2.36. The van der Waals surface area contributed by atoms with Crippen LogP contribution in [0.1, 0.15) is 72.6 Å². The third-order valence-electron chi connectivity index (χ3n) is 6.40. The number of rotatable bonds is 7. The van der Waals surface area contributed by atoms with Gasteiger partial charge in [-0.3, -0.25) is 4.79 Å². The third-order valence-corrected chi connectivity index (χ3v) is 7.54. The number of carbonyl (C=O) groups excluding carboxylic acids is 1. The lowest BCUT2D eigenvalue weighted by atomic mass is 10.0. The van der Waals surface area contributed by atoms with Gasteiger partial charge in [0.1, 0.15) is 22.6 Å². The normalized spacial score (nSPS) is 19.3. The van der Waals surface area contributed by atoms with Crippen LogP contribution in [0, 0.1) is 6.92 Å². The number of ether oxygens (including phenoxy) is 2. The van der Waals surface area contributed by atoms with Gasteiger partial charge in [-0.15, -0.1) is 11.3 Å². The summed E-state index contributed by atoms with van der Waals surface area (Å²) < 4.78 is 11.7. The van der Waals surface area contributed by atoms with Crippen molar-refractivity contribution in [3.8, 4) is 11.5 Å². The van der Waals surface area contributed by atoms with Crippen molar-refractivity contribution < 1.29 is 14.3 Å². The molecule has 1 aliphatic heterocycles. The van der Waals surface area contributed by atoms with E-state index < -0.39 is 0 Å². The fourth-order valence-electron chi connectivity index (χ4n) is 4.63. The number of carbonyl (C=O) groups is 1. The van der Waals surface area contributed by atoms with E-state index in [0.717, 1.165) is 42.7 Å². The van der Waals surface area contributed by atoms with Crippen molar-refractivity contribution in [1.29, 1.82) is 0 Å². The Morgan fingerprint density at radius 2 is 1.97 bits per heavy atom. The molecule has 1 saturated carbocycles. The molecule has 1 unspecified atom stereocenters. The molecular weight excluding hydrogens is 410 g/mol. The van der Waals surface area contributed by atoms with E-state index in [-0.39, 0.29) is 18.1 Å². The standard InChI is InChI=1S/C24H33N3O3S/c1-16-15-31-24(25-16)17(2)26-23(28)21-14-20(29-3)8-9-22(21)30-19-10-12-27(13-11-19)18-6-4-5-7-18/h8-9,14-15,17-19H,4-7,10-13H2,1-3H3,(H,26,28). The number of methoxy groups -OCH3 is 1. The lowest BCUT2D eigenvalue weighted by Crippen LogP contribution is -2.43. The number of thiazole rings is 1. The topological polar surface area (TPSA) is 63.7 Å². The van der Waals surface area contributed by atoms with Gasteiger partial charge < -0.3 is 19.7 Å². The molecule has 1 amide bonds. The highest BCUT2D eigenvalue weighted by Gasteiger charge is 2.28. The van der Waals surface area contributed by atoms with Crippen LogP contribution in [-0.4, -0.2) is 48.1 Å². The van der Waals surface area contributed by atoms with Crippen LogP contribution in [0.2, 0.25) is 0 Å². The number of piperidine rings is 1. The van der Waals surface area contributed by atoms with Gasteiger partial charge in [0, 0.05) is 30.2 Å². The van der Waals surface area contributed by atoms with E-state index >= 15 is 0 Å². The lowest BCUT2D eigenvalue weighted by molar-refractivity contribution is 0.0748. The SMILES string of the molecule is COc1ccc(OC2CCN(C3CCCC3)CC2)c(C(=O)NC(C)c2nc(C)cs2)c1. The monoisotopic (exact) mass is 443 g/mol. The first-order chi connectivity index (χ1) is 15.0. The first-order valence-corrected chi connectivity index (χ1v) is 12.2. The molecule has 1 aromatic heterocycles. The summed E-state index contributed by atoms with van der Waals surface area (Å²) in [5.74, 6) is 1.10. The summed E-state index contributed by atoms with van der Waals surface area (Å²) in [5, 5.41) is 5.96. The molecule has 0 spiro atoms. The molecule has 2 aliphatic rings. The van der Waals surface area contributed by atoms with Crippen LogP contribution in [-0.2, 0) is 0 Å². The van der Waals surface area contributed by atoms with Gasteiger partial charge in [-0.1, -0.05) is 12.8 Å². The number of hydrogen-bond acceptors (Lipinski definition) is 6. The van der Waals surface area contributed by atoms with Crippen molar-refractivity contribution in [3.63, 3.8) is 0 Å². The van der Waals surface area contributed by atoms with Crippen molar-refractivity contribution in [1.82, 2.24) is 15.2 Å². The number of aryl methyl sites for hydroxylation is 1. The third kappa shape index (κ3) is 5.39. The van der Waals surface area contributed by atoms with Gasteiger partial charge in [0.05, 0.1) is 18.7 Å². The molecule has 1 N–H and O–H groups in total. The Kier molecular flexibility index (Phi) is 7.13. The van der Waals surface area contributed by atoms with Gasteiger partial charge in [0.25, 0.3) is 5.91 Å². The van der Waals surface area contributed by atoms with Crippen LogP contribution >= 0.6 is 11.3 Å². The summed E-state index contributed by atoms with van der Waals surface area (Å²) in [6.45, 7) is 6.07. The second-order valence-electron chi connectivity index (χ2n) is 8.68. The number of nitrogens with one attached hydrogen (secondary N) is 1. The molecule has 1 aromatic carbocycles. The largest absolute Gasteiger partial charge is 0.497 e. The quantitative estimate of drug-likeness (QED) is 0.670. The Balaban J connectivity index is 1.42. The molecule has 7 heteroatoms. The Labute approximate surface area is 189 Å². The summed E-state index contributed by atoms with van der Waals surface area (Å²) in [4.78, 5) is 20.2. The Morgan fingerprint density at radius 3 is 2.61 bits per heavy atom. The molecule has 2 aromatic rings. The second-order valence-corrected chi connectivity index (χ2v) is 9.57. The summed E-state index contributed by atoms with van der Waals surface area (Å²) in [6, 6.07) is 6.07. The van der Waals surface area contributed by atoms with E-state index in [4.69, 9.17) is 9.47 Å². The number of hydrogen-bond donors (Lipinski definition) is 1. The van der Waals surface area contributed by atoms with Crippen LogP contribution in [0.5, 0.6) is 11.5 Å². The Morgan fingerprint density at radius 1 is 1.23 bits per heavy atom. The van der Waals surface area contributed by atoms with E-state index in [0.29, 0.717) is 17.1 Å². The maximum atomic E-state index is 13.1. The van der Waals surface area contributed by atoms with E-state index in [1.807, 2.05) is 31.4 Å². The van der Waals surface area contributed by atoms with Crippen molar-refractivity contribution >= 4 is 17.2 Å². The molecule has 0 bridgehead atoms. The maximum absolute atomic E-state index is 13.1. The van der Waals surface area contributed by atoms with Crippen LogP contribution in [0.4, 0.5) is 0 Å². The molecule has 2 fully saturated rings. The van der Waals surface area contributed by atoms with E-state index in [9.17, 15) is 4.79 Å². The fourth-order valence-corrected chi connectivity index (χ4v) is 5.43. The van der Waals surface area contributed by atoms with E-state index in [2.05, 4.69) is 15.2 Å². The summed E-state index contributed by atoms with van der Waals surface area (Å²) in [7, 11) is 1.61. The minimum absolute atomic E-state index is 0.136. The molecule has 4 rings (SSSR count). The molecule has 31 heavy (non-hydrogen) atoms. The highest BCUT2D eigenvalue weighted by atomic mass is 32.1. The Bertz CT molecular complexity index is 886. The van der Waals surface area contributed by atoms with Crippen LogP contribution in [0.25, 0.3) is 0 Å². The number of aromatic nitrogens is 1. The molecule has 1 saturated heterocycles. The average Bonchev–Trinajstić information content (AvgIpc) is 3.46. The van der Waals surface area contributed by atoms with Gasteiger partial charge in [-0.05, 0) is 57.7 Å². The predicted molar refractivity (Wildman–Crippen MR) is 123 cm³/mol. The highest BCUT2D eigenvalue weighted by Crippen LogP contribution is 2.30. The zero-order valence-corrected chi connectivity index (χ0v) is 19.5.